The highest BCUT2D eigenvalue weighted by atomic mass is 16.5. The highest BCUT2D eigenvalue weighted by Gasteiger charge is 2.10. The molecule has 0 aliphatic carbocycles. The van der Waals surface area contributed by atoms with Crippen molar-refractivity contribution in [3.63, 3.8) is 0 Å². The van der Waals surface area contributed by atoms with E-state index in [0.717, 1.165) is 0 Å². The molecule has 1 aromatic rings. The van der Waals surface area contributed by atoms with Gasteiger partial charge in [0.25, 0.3) is 5.91 Å². The zero-order valence-corrected chi connectivity index (χ0v) is 10.1. The Bertz CT molecular complexity index is 418. The number of carbonyl (C=O) groups is 2. The minimum Gasteiger partial charge on any atom is -0.468 e. The first kappa shape index (κ1) is 13.0. The fraction of sp³-hybridized carbons (Fsp3) is 0.364. The van der Waals surface area contributed by atoms with E-state index in [9.17, 15) is 9.59 Å². The second-order valence-corrected chi connectivity index (χ2v) is 3.56. The number of ether oxygens (including phenoxy) is 1. The molecule has 0 atom stereocenters. The van der Waals surface area contributed by atoms with Crippen molar-refractivity contribution in [3.8, 4) is 0 Å². The quantitative estimate of drug-likeness (QED) is 0.766. The summed E-state index contributed by atoms with van der Waals surface area (Å²) in [7, 11) is 4.62. The third-order valence-electron chi connectivity index (χ3n) is 2.05. The van der Waals surface area contributed by atoms with Crippen molar-refractivity contribution in [3.05, 3.63) is 24.0 Å². The predicted octanol–water partition coefficient (Wildman–Crippen LogP) is 0.368. The van der Waals surface area contributed by atoms with Crippen molar-refractivity contribution in [2.75, 3.05) is 33.1 Å². The van der Waals surface area contributed by atoms with E-state index >= 15 is 0 Å². The summed E-state index contributed by atoms with van der Waals surface area (Å²) in [5, 5.41) is 2.84. The van der Waals surface area contributed by atoms with Crippen LogP contribution in [-0.2, 0) is 9.53 Å². The van der Waals surface area contributed by atoms with Crippen LogP contribution < -0.4 is 5.32 Å². The molecule has 0 radical (unpaired) electrons. The van der Waals surface area contributed by atoms with Gasteiger partial charge in [-0.1, -0.05) is 0 Å². The van der Waals surface area contributed by atoms with Gasteiger partial charge in [-0.25, -0.2) is 0 Å². The van der Waals surface area contributed by atoms with Gasteiger partial charge in [0.15, 0.2) is 0 Å². The lowest BCUT2D eigenvalue weighted by molar-refractivity contribution is -0.138. The Morgan fingerprint density at radius 2 is 2.18 bits per heavy atom. The number of aromatic nitrogens is 1. The normalized spacial score (nSPS) is 9.59. The molecule has 0 aromatic carbocycles. The third-order valence-corrected chi connectivity index (χ3v) is 2.05. The largest absolute Gasteiger partial charge is 0.468 e. The Kier molecular flexibility index (Phi) is 4.45. The van der Waals surface area contributed by atoms with Crippen LogP contribution in [0.2, 0.25) is 0 Å². The summed E-state index contributed by atoms with van der Waals surface area (Å²) in [5.41, 5.74) is 0.973. The van der Waals surface area contributed by atoms with Gasteiger partial charge in [0.05, 0.1) is 7.11 Å². The molecular weight excluding hydrogens is 222 g/mol. The summed E-state index contributed by atoms with van der Waals surface area (Å²) >= 11 is 0. The summed E-state index contributed by atoms with van der Waals surface area (Å²) < 4.78 is 4.50. The predicted molar refractivity (Wildman–Crippen MR) is 62.8 cm³/mol. The number of anilines is 1. The number of rotatable bonds is 4. The first-order chi connectivity index (χ1) is 8.04. The second-order valence-electron chi connectivity index (χ2n) is 3.56. The molecule has 1 N–H and O–H groups in total. The second kappa shape index (κ2) is 5.83. The zero-order valence-electron chi connectivity index (χ0n) is 10.1. The Morgan fingerprint density at radius 3 is 2.76 bits per heavy atom. The summed E-state index contributed by atoms with van der Waals surface area (Å²) in [6.45, 7) is 0.0517. The lowest BCUT2D eigenvalue weighted by atomic mass is 10.3. The van der Waals surface area contributed by atoms with E-state index in [-0.39, 0.29) is 18.4 Å². The summed E-state index contributed by atoms with van der Waals surface area (Å²) in [6, 6.07) is 3.26. The van der Waals surface area contributed by atoms with Crippen LogP contribution in [0.15, 0.2) is 18.3 Å². The van der Waals surface area contributed by atoms with E-state index in [0.29, 0.717) is 11.4 Å². The minimum atomic E-state index is -0.373. The molecule has 0 unspecified atom stereocenters. The van der Waals surface area contributed by atoms with Crippen LogP contribution in [0.3, 0.4) is 0 Å². The van der Waals surface area contributed by atoms with Crippen molar-refractivity contribution >= 4 is 17.6 Å². The standard InChI is InChI=1S/C11H15N3O3/c1-14(2)11(16)9-6-8(4-5-12-9)13-7-10(15)17-3/h4-6H,7H2,1-3H3,(H,12,13). The van der Waals surface area contributed by atoms with E-state index in [1.807, 2.05) is 0 Å². The van der Waals surface area contributed by atoms with Crippen LogP contribution in [0.25, 0.3) is 0 Å². The summed E-state index contributed by atoms with van der Waals surface area (Å²) in [6.07, 6.45) is 1.51. The molecule has 6 nitrogen and oxygen atoms in total. The number of carbonyl (C=O) groups excluding carboxylic acids is 2. The molecule has 0 spiro atoms. The number of hydrogen-bond acceptors (Lipinski definition) is 5. The van der Waals surface area contributed by atoms with Crippen LogP contribution in [-0.4, -0.2) is 49.5 Å². The lowest BCUT2D eigenvalue weighted by Gasteiger charge is -2.10. The first-order valence-corrected chi connectivity index (χ1v) is 5.03. The molecule has 0 saturated carbocycles. The lowest BCUT2D eigenvalue weighted by Crippen LogP contribution is -2.23. The maximum atomic E-state index is 11.6. The maximum absolute atomic E-state index is 11.6. The number of hydrogen-bond donors (Lipinski definition) is 1. The van der Waals surface area contributed by atoms with Gasteiger partial charge in [0, 0.05) is 26.0 Å². The Labute approximate surface area is 99.6 Å². The highest BCUT2D eigenvalue weighted by molar-refractivity contribution is 5.92. The molecule has 1 aromatic heterocycles. The smallest absolute Gasteiger partial charge is 0.325 e. The van der Waals surface area contributed by atoms with E-state index in [1.165, 1.54) is 18.2 Å². The Morgan fingerprint density at radius 1 is 1.47 bits per heavy atom. The molecule has 92 valence electrons. The minimum absolute atomic E-state index is 0.0517. The first-order valence-electron chi connectivity index (χ1n) is 5.03. The van der Waals surface area contributed by atoms with E-state index < -0.39 is 0 Å². The van der Waals surface area contributed by atoms with Gasteiger partial charge in [-0.15, -0.1) is 0 Å². The molecule has 0 aliphatic rings. The molecule has 0 saturated heterocycles. The number of methoxy groups -OCH3 is 1. The van der Waals surface area contributed by atoms with Crippen LogP contribution in [0.5, 0.6) is 0 Å². The number of pyridine rings is 1. The van der Waals surface area contributed by atoms with Gasteiger partial charge in [-0.05, 0) is 12.1 Å². The molecule has 0 bridgehead atoms. The monoisotopic (exact) mass is 237 g/mol. The van der Waals surface area contributed by atoms with Gasteiger partial charge < -0.3 is 15.0 Å². The van der Waals surface area contributed by atoms with Crippen LogP contribution >= 0.6 is 0 Å². The van der Waals surface area contributed by atoms with Crippen molar-refractivity contribution < 1.29 is 14.3 Å². The van der Waals surface area contributed by atoms with Crippen LogP contribution in [0, 0.1) is 0 Å². The van der Waals surface area contributed by atoms with Gasteiger partial charge >= 0.3 is 5.97 Å². The molecule has 0 aliphatic heterocycles. The van der Waals surface area contributed by atoms with Gasteiger partial charge in [-0.2, -0.15) is 0 Å². The maximum Gasteiger partial charge on any atom is 0.325 e. The SMILES string of the molecule is COC(=O)CNc1ccnc(C(=O)N(C)C)c1. The molecule has 1 heterocycles. The molecule has 0 fully saturated rings. The van der Waals surface area contributed by atoms with Crippen molar-refractivity contribution in [1.29, 1.82) is 0 Å². The third kappa shape index (κ3) is 3.75. The average Bonchev–Trinajstić information content (AvgIpc) is 2.35. The van der Waals surface area contributed by atoms with E-state index in [1.54, 1.807) is 26.2 Å². The average molecular weight is 237 g/mol. The molecule has 6 heteroatoms. The molecular formula is C11H15N3O3. The number of nitrogens with one attached hydrogen (secondary N) is 1. The van der Waals surface area contributed by atoms with Crippen LogP contribution in [0.1, 0.15) is 10.5 Å². The number of amides is 1. The fourth-order valence-electron chi connectivity index (χ4n) is 1.13. The van der Waals surface area contributed by atoms with Gasteiger partial charge in [0.1, 0.15) is 12.2 Å². The molecule has 1 amide bonds. The Hall–Kier alpha value is -2.11. The van der Waals surface area contributed by atoms with Gasteiger partial charge in [0.2, 0.25) is 0 Å². The van der Waals surface area contributed by atoms with Crippen molar-refractivity contribution in [1.82, 2.24) is 9.88 Å². The van der Waals surface area contributed by atoms with Crippen molar-refractivity contribution in [2.45, 2.75) is 0 Å². The highest BCUT2D eigenvalue weighted by Crippen LogP contribution is 2.08. The topological polar surface area (TPSA) is 71.5 Å². The van der Waals surface area contributed by atoms with Gasteiger partial charge in [-0.3, -0.25) is 14.6 Å². The number of esters is 1. The summed E-state index contributed by atoms with van der Waals surface area (Å²) in [4.78, 5) is 28.0. The summed E-state index contributed by atoms with van der Waals surface area (Å²) in [5.74, 6) is -0.561. The number of nitrogens with zero attached hydrogens (tertiary/aromatic N) is 2. The Balaban J connectivity index is 2.72. The fourth-order valence-corrected chi connectivity index (χ4v) is 1.13. The molecule has 17 heavy (non-hydrogen) atoms. The van der Waals surface area contributed by atoms with E-state index in [2.05, 4.69) is 15.0 Å². The van der Waals surface area contributed by atoms with E-state index in [4.69, 9.17) is 0 Å². The zero-order chi connectivity index (χ0) is 12.8. The van der Waals surface area contributed by atoms with Crippen LogP contribution in [0.4, 0.5) is 5.69 Å². The van der Waals surface area contributed by atoms with Crippen molar-refractivity contribution in [2.24, 2.45) is 0 Å². The molecule has 1 rings (SSSR count).